The smallest absolute Gasteiger partial charge is 0.306 e. The van der Waals surface area contributed by atoms with Crippen molar-refractivity contribution < 1.29 is 14.6 Å². The Kier molecular flexibility index (Phi) is 2.88. The number of carbonyl (C=O) groups is 1. The number of carboxylic acids is 1. The Morgan fingerprint density at radius 3 is 3.00 bits per heavy atom. The normalized spacial score (nSPS) is 26.8. The molecule has 1 heterocycles. The van der Waals surface area contributed by atoms with Crippen molar-refractivity contribution in [3.63, 3.8) is 0 Å². The zero-order valence-electron chi connectivity index (χ0n) is 6.75. The Hall–Kier alpha value is -0.570. The van der Waals surface area contributed by atoms with Crippen molar-refractivity contribution in [2.24, 2.45) is 11.8 Å². The van der Waals surface area contributed by atoms with Crippen LogP contribution in [0, 0.1) is 11.8 Å². The van der Waals surface area contributed by atoms with Crippen LogP contribution in [0.1, 0.15) is 19.8 Å². The summed E-state index contributed by atoms with van der Waals surface area (Å²) in [6, 6.07) is 0. The predicted molar refractivity (Wildman–Crippen MR) is 40.3 cm³/mol. The highest BCUT2D eigenvalue weighted by Crippen LogP contribution is 2.20. The van der Waals surface area contributed by atoms with E-state index in [1.807, 2.05) is 0 Å². The molecule has 11 heavy (non-hydrogen) atoms. The zero-order chi connectivity index (χ0) is 8.27. The van der Waals surface area contributed by atoms with E-state index in [0.29, 0.717) is 5.92 Å². The molecule has 64 valence electrons. The number of hydrogen-bond acceptors (Lipinski definition) is 2. The summed E-state index contributed by atoms with van der Waals surface area (Å²) < 4.78 is 5.14. The largest absolute Gasteiger partial charge is 0.481 e. The van der Waals surface area contributed by atoms with Gasteiger partial charge < -0.3 is 9.84 Å². The molecule has 1 aliphatic heterocycles. The molecule has 0 aromatic carbocycles. The molecule has 0 radical (unpaired) electrons. The summed E-state index contributed by atoms with van der Waals surface area (Å²) in [5.74, 6) is -0.445. The molecule has 0 saturated carbocycles. The second-order valence-electron chi connectivity index (χ2n) is 3.20. The van der Waals surface area contributed by atoms with Gasteiger partial charge in [-0.15, -0.1) is 0 Å². The number of ether oxygens (including phenoxy) is 1. The molecule has 1 rings (SSSR count). The Morgan fingerprint density at radius 1 is 1.82 bits per heavy atom. The molecule has 3 nitrogen and oxygen atoms in total. The summed E-state index contributed by atoms with van der Waals surface area (Å²) in [6.45, 7) is 3.30. The molecule has 0 spiro atoms. The molecule has 1 saturated heterocycles. The van der Waals surface area contributed by atoms with Crippen LogP contribution in [-0.4, -0.2) is 24.3 Å². The van der Waals surface area contributed by atoms with Gasteiger partial charge in [0.05, 0.1) is 5.92 Å². The number of hydrogen-bond donors (Lipinski definition) is 1. The molecule has 2 unspecified atom stereocenters. The van der Waals surface area contributed by atoms with E-state index in [-0.39, 0.29) is 5.92 Å². The standard InChI is InChI=1S/C8H14O3/c1-6(8(9)10)4-7-2-3-11-5-7/h6-7H,2-5H2,1H3,(H,9,10). The number of rotatable bonds is 3. The van der Waals surface area contributed by atoms with Gasteiger partial charge in [0.25, 0.3) is 0 Å². The van der Waals surface area contributed by atoms with Gasteiger partial charge in [0.1, 0.15) is 0 Å². The van der Waals surface area contributed by atoms with Crippen LogP contribution in [0.4, 0.5) is 0 Å². The van der Waals surface area contributed by atoms with Gasteiger partial charge in [0.2, 0.25) is 0 Å². The van der Waals surface area contributed by atoms with E-state index in [1.54, 1.807) is 6.92 Å². The number of aliphatic carboxylic acids is 1. The number of carboxylic acid groups (broad SMARTS) is 1. The molecular formula is C8H14O3. The van der Waals surface area contributed by atoms with Gasteiger partial charge in [0.15, 0.2) is 0 Å². The minimum absolute atomic E-state index is 0.221. The first-order valence-corrected chi connectivity index (χ1v) is 4.00. The first-order chi connectivity index (χ1) is 5.20. The van der Waals surface area contributed by atoms with Gasteiger partial charge in [-0.1, -0.05) is 6.92 Å². The van der Waals surface area contributed by atoms with E-state index >= 15 is 0 Å². The van der Waals surface area contributed by atoms with E-state index < -0.39 is 5.97 Å². The molecule has 0 bridgehead atoms. The molecule has 0 amide bonds. The third kappa shape index (κ3) is 2.50. The molecule has 0 aromatic heterocycles. The first kappa shape index (κ1) is 8.53. The van der Waals surface area contributed by atoms with Crippen LogP contribution in [0.3, 0.4) is 0 Å². The lowest BCUT2D eigenvalue weighted by molar-refractivity contribution is -0.141. The van der Waals surface area contributed by atoms with E-state index in [0.717, 1.165) is 26.1 Å². The van der Waals surface area contributed by atoms with Gasteiger partial charge in [-0.2, -0.15) is 0 Å². The van der Waals surface area contributed by atoms with E-state index in [2.05, 4.69) is 0 Å². The summed E-state index contributed by atoms with van der Waals surface area (Å²) in [7, 11) is 0. The lowest BCUT2D eigenvalue weighted by Crippen LogP contribution is -2.14. The van der Waals surface area contributed by atoms with Crippen LogP contribution in [0.5, 0.6) is 0 Å². The van der Waals surface area contributed by atoms with Crippen molar-refractivity contribution in [3.05, 3.63) is 0 Å². The average molecular weight is 158 g/mol. The highest BCUT2D eigenvalue weighted by molar-refractivity contribution is 5.69. The SMILES string of the molecule is CC(CC1CCOC1)C(=O)O. The molecule has 1 aliphatic rings. The molecule has 2 atom stereocenters. The third-order valence-electron chi connectivity index (χ3n) is 2.13. The lowest BCUT2D eigenvalue weighted by Gasteiger charge is -2.09. The van der Waals surface area contributed by atoms with Crippen LogP contribution >= 0.6 is 0 Å². The Labute approximate surface area is 66.4 Å². The Balaban J connectivity index is 2.23. The van der Waals surface area contributed by atoms with Crippen molar-refractivity contribution in [1.29, 1.82) is 0 Å². The summed E-state index contributed by atoms with van der Waals surface area (Å²) in [4.78, 5) is 10.4. The van der Waals surface area contributed by atoms with Crippen LogP contribution in [-0.2, 0) is 9.53 Å². The van der Waals surface area contributed by atoms with Crippen molar-refractivity contribution in [2.45, 2.75) is 19.8 Å². The first-order valence-electron chi connectivity index (χ1n) is 4.00. The highest BCUT2D eigenvalue weighted by Gasteiger charge is 2.21. The molecule has 0 aromatic rings. The van der Waals surface area contributed by atoms with Crippen molar-refractivity contribution in [1.82, 2.24) is 0 Å². The van der Waals surface area contributed by atoms with Gasteiger partial charge in [0, 0.05) is 13.2 Å². The summed E-state index contributed by atoms with van der Waals surface area (Å²) in [6.07, 6.45) is 1.78. The van der Waals surface area contributed by atoms with Gasteiger partial charge in [-0.25, -0.2) is 0 Å². The minimum Gasteiger partial charge on any atom is -0.481 e. The fourth-order valence-corrected chi connectivity index (χ4v) is 1.37. The highest BCUT2D eigenvalue weighted by atomic mass is 16.5. The maximum Gasteiger partial charge on any atom is 0.306 e. The molecular weight excluding hydrogens is 144 g/mol. The topological polar surface area (TPSA) is 46.5 Å². The molecule has 1 N–H and O–H groups in total. The van der Waals surface area contributed by atoms with E-state index in [9.17, 15) is 4.79 Å². The monoisotopic (exact) mass is 158 g/mol. The lowest BCUT2D eigenvalue weighted by atomic mass is 9.95. The molecule has 1 fully saturated rings. The van der Waals surface area contributed by atoms with Crippen molar-refractivity contribution in [2.75, 3.05) is 13.2 Å². The minimum atomic E-state index is -0.697. The fourth-order valence-electron chi connectivity index (χ4n) is 1.37. The maximum absolute atomic E-state index is 10.4. The van der Waals surface area contributed by atoms with Crippen LogP contribution in [0.2, 0.25) is 0 Å². The quantitative estimate of drug-likeness (QED) is 0.669. The van der Waals surface area contributed by atoms with Gasteiger partial charge in [-0.05, 0) is 18.8 Å². The summed E-state index contributed by atoms with van der Waals surface area (Å²) >= 11 is 0. The zero-order valence-corrected chi connectivity index (χ0v) is 6.75. The molecule has 3 heteroatoms. The van der Waals surface area contributed by atoms with Crippen molar-refractivity contribution >= 4 is 5.97 Å². The van der Waals surface area contributed by atoms with Crippen LogP contribution < -0.4 is 0 Å². The second-order valence-corrected chi connectivity index (χ2v) is 3.20. The Bertz CT molecular complexity index is 138. The van der Waals surface area contributed by atoms with Crippen molar-refractivity contribution in [3.8, 4) is 0 Å². The van der Waals surface area contributed by atoms with Gasteiger partial charge in [-0.3, -0.25) is 4.79 Å². The van der Waals surface area contributed by atoms with E-state index in [4.69, 9.17) is 9.84 Å². The third-order valence-corrected chi connectivity index (χ3v) is 2.13. The Morgan fingerprint density at radius 2 is 2.55 bits per heavy atom. The summed E-state index contributed by atoms with van der Waals surface area (Å²) in [5, 5.41) is 8.60. The predicted octanol–water partition coefficient (Wildman–Crippen LogP) is 1.13. The summed E-state index contributed by atoms with van der Waals surface area (Å²) in [5.41, 5.74) is 0. The average Bonchev–Trinajstić information content (AvgIpc) is 2.39. The van der Waals surface area contributed by atoms with Gasteiger partial charge >= 0.3 is 5.97 Å². The second kappa shape index (κ2) is 3.72. The molecule has 0 aliphatic carbocycles. The van der Waals surface area contributed by atoms with Crippen LogP contribution in [0.15, 0.2) is 0 Å². The van der Waals surface area contributed by atoms with Crippen LogP contribution in [0.25, 0.3) is 0 Å². The maximum atomic E-state index is 10.4. The van der Waals surface area contributed by atoms with E-state index in [1.165, 1.54) is 0 Å². The fraction of sp³-hybridized carbons (Fsp3) is 0.875.